The lowest BCUT2D eigenvalue weighted by molar-refractivity contribution is -0.137. The summed E-state index contributed by atoms with van der Waals surface area (Å²) in [5, 5.41) is 7.37. The molecule has 0 aliphatic rings. The van der Waals surface area contributed by atoms with Gasteiger partial charge >= 0.3 is 6.18 Å². The maximum atomic E-state index is 12.8. The second-order valence-electron chi connectivity index (χ2n) is 4.07. The van der Waals surface area contributed by atoms with Crippen molar-refractivity contribution in [2.45, 2.75) is 6.18 Å². The Morgan fingerprint density at radius 2 is 1.40 bits per heavy atom. The largest absolute Gasteiger partial charge is 0.418 e. The summed E-state index contributed by atoms with van der Waals surface area (Å²) < 4.78 is 38.5. The molecule has 0 fully saturated rings. The molecule has 0 amide bonds. The summed E-state index contributed by atoms with van der Waals surface area (Å²) in [5.41, 5.74) is 10.6. The minimum atomic E-state index is -4.54. The molecule has 0 atom stereocenters. The highest BCUT2D eigenvalue weighted by molar-refractivity contribution is 5.56. The third-order valence-corrected chi connectivity index (χ3v) is 2.49. The van der Waals surface area contributed by atoms with Gasteiger partial charge in [-0.3, -0.25) is 0 Å². The first-order chi connectivity index (χ1) is 9.36. The summed E-state index contributed by atoms with van der Waals surface area (Å²) in [6, 6.07) is 9.64. The monoisotopic (exact) mass is 280 g/mol. The van der Waals surface area contributed by atoms with Gasteiger partial charge in [0.2, 0.25) is 0 Å². The van der Waals surface area contributed by atoms with E-state index in [4.69, 9.17) is 11.5 Å². The average Bonchev–Trinajstić information content (AvgIpc) is 2.38. The van der Waals surface area contributed by atoms with Crippen LogP contribution in [0.15, 0.2) is 52.7 Å². The maximum absolute atomic E-state index is 12.8. The van der Waals surface area contributed by atoms with Crippen LogP contribution in [0.3, 0.4) is 0 Å². The molecular weight excluding hydrogens is 269 g/mol. The van der Waals surface area contributed by atoms with E-state index in [1.807, 2.05) is 0 Å². The third kappa shape index (κ3) is 3.25. The lowest BCUT2D eigenvalue weighted by Gasteiger charge is -2.09. The SMILES string of the molecule is Nc1ccc(/N=N/c2ccc(N)cc2C(F)(F)F)cc1. The Kier molecular flexibility index (Phi) is 3.60. The number of halogens is 3. The normalized spacial score (nSPS) is 11.9. The number of benzene rings is 2. The molecule has 0 aliphatic heterocycles. The Morgan fingerprint density at radius 3 is 2.00 bits per heavy atom. The Balaban J connectivity index is 2.36. The molecule has 7 heteroatoms. The fraction of sp³-hybridized carbons (Fsp3) is 0.0769. The molecule has 2 rings (SSSR count). The highest BCUT2D eigenvalue weighted by Gasteiger charge is 2.33. The first kappa shape index (κ1) is 13.9. The van der Waals surface area contributed by atoms with E-state index < -0.39 is 11.7 Å². The molecule has 4 N–H and O–H groups in total. The van der Waals surface area contributed by atoms with Crippen LogP contribution < -0.4 is 11.5 Å². The van der Waals surface area contributed by atoms with Crippen molar-refractivity contribution in [1.29, 1.82) is 0 Å². The zero-order valence-electron chi connectivity index (χ0n) is 10.2. The molecule has 0 saturated carbocycles. The molecule has 0 heterocycles. The van der Waals surface area contributed by atoms with Gasteiger partial charge < -0.3 is 11.5 Å². The molecule has 2 aromatic carbocycles. The number of nitrogens with zero attached hydrogens (tertiary/aromatic N) is 2. The van der Waals surface area contributed by atoms with Gasteiger partial charge in [0.1, 0.15) is 0 Å². The van der Waals surface area contributed by atoms with Gasteiger partial charge in [0.05, 0.1) is 16.9 Å². The van der Waals surface area contributed by atoms with Crippen LogP contribution >= 0.6 is 0 Å². The summed E-state index contributed by atoms with van der Waals surface area (Å²) in [6.45, 7) is 0. The van der Waals surface area contributed by atoms with Crippen molar-refractivity contribution in [1.82, 2.24) is 0 Å². The van der Waals surface area contributed by atoms with Gasteiger partial charge in [-0.15, -0.1) is 5.11 Å². The number of rotatable bonds is 2. The molecule has 0 unspecified atom stereocenters. The predicted molar refractivity (Wildman–Crippen MR) is 70.9 cm³/mol. The predicted octanol–water partition coefficient (Wildman–Crippen LogP) is 4.29. The van der Waals surface area contributed by atoms with Crippen LogP contribution in [-0.2, 0) is 6.18 Å². The van der Waals surface area contributed by atoms with Crippen molar-refractivity contribution in [2.24, 2.45) is 10.2 Å². The maximum Gasteiger partial charge on any atom is 0.418 e. The number of anilines is 2. The first-order valence-corrected chi connectivity index (χ1v) is 5.60. The molecule has 2 aromatic rings. The van der Waals surface area contributed by atoms with Gasteiger partial charge in [-0.2, -0.15) is 18.3 Å². The van der Waals surface area contributed by atoms with Crippen LogP contribution in [0.25, 0.3) is 0 Å². The van der Waals surface area contributed by atoms with Crippen molar-refractivity contribution in [3.63, 3.8) is 0 Å². The van der Waals surface area contributed by atoms with Crippen LogP contribution in [-0.4, -0.2) is 0 Å². The van der Waals surface area contributed by atoms with Crippen molar-refractivity contribution >= 4 is 22.7 Å². The second kappa shape index (κ2) is 5.20. The number of azo groups is 1. The Labute approximate surface area is 112 Å². The smallest absolute Gasteiger partial charge is 0.399 e. The fourth-order valence-electron chi connectivity index (χ4n) is 1.52. The van der Waals surface area contributed by atoms with E-state index in [9.17, 15) is 13.2 Å². The first-order valence-electron chi connectivity index (χ1n) is 5.60. The second-order valence-corrected chi connectivity index (χ2v) is 4.07. The highest BCUT2D eigenvalue weighted by atomic mass is 19.4. The van der Waals surface area contributed by atoms with E-state index in [1.54, 1.807) is 24.3 Å². The van der Waals surface area contributed by atoms with E-state index in [2.05, 4.69) is 10.2 Å². The van der Waals surface area contributed by atoms with Crippen molar-refractivity contribution in [2.75, 3.05) is 11.5 Å². The summed E-state index contributed by atoms with van der Waals surface area (Å²) in [6.07, 6.45) is -4.54. The zero-order valence-corrected chi connectivity index (χ0v) is 10.2. The van der Waals surface area contributed by atoms with E-state index in [0.29, 0.717) is 11.4 Å². The summed E-state index contributed by atoms with van der Waals surface area (Å²) in [5.74, 6) is 0. The number of hydrogen-bond acceptors (Lipinski definition) is 4. The molecule has 104 valence electrons. The number of hydrogen-bond donors (Lipinski definition) is 2. The lowest BCUT2D eigenvalue weighted by Crippen LogP contribution is -2.05. The molecule has 0 aliphatic carbocycles. The van der Waals surface area contributed by atoms with Crippen LogP contribution in [0, 0.1) is 0 Å². The lowest BCUT2D eigenvalue weighted by atomic mass is 10.1. The zero-order chi connectivity index (χ0) is 14.8. The van der Waals surface area contributed by atoms with Gasteiger partial charge in [-0.1, -0.05) is 0 Å². The standard InChI is InChI=1S/C13H11F3N4/c14-13(15,16)11-7-9(18)3-6-12(11)20-19-10-4-1-8(17)2-5-10/h1-7H,17-18H2/b20-19+. The highest BCUT2D eigenvalue weighted by Crippen LogP contribution is 2.38. The minimum Gasteiger partial charge on any atom is -0.399 e. The van der Waals surface area contributed by atoms with Crippen molar-refractivity contribution < 1.29 is 13.2 Å². The quantitative estimate of drug-likeness (QED) is 0.636. The third-order valence-electron chi connectivity index (χ3n) is 2.49. The summed E-state index contributed by atoms with van der Waals surface area (Å²) in [7, 11) is 0. The van der Waals surface area contributed by atoms with Gasteiger partial charge in [0.15, 0.2) is 0 Å². The van der Waals surface area contributed by atoms with Gasteiger partial charge in [-0.25, -0.2) is 0 Å². The Hall–Kier alpha value is -2.57. The van der Waals surface area contributed by atoms with Gasteiger partial charge in [0.25, 0.3) is 0 Å². The van der Waals surface area contributed by atoms with E-state index >= 15 is 0 Å². The minimum absolute atomic E-state index is 0.0174. The van der Waals surface area contributed by atoms with Gasteiger partial charge in [0, 0.05) is 11.4 Å². The molecule has 0 spiro atoms. The number of alkyl halides is 3. The van der Waals surface area contributed by atoms with Crippen molar-refractivity contribution in [3.05, 3.63) is 48.0 Å². The fourth-order valence-corrected chi connectivity index (χ4v) is 1.52. The molecule has 0 saturated heterocycles. The van der Waals surface area contributed by atoms with Gasteiger partial charge in [-0.05, 0) is 42.5 Å². The van der Waals surface area contributed by atoms with Crippen LogP contribution in [0.5, 0.6) is 0 Å². The van der Waals surface area contributed by atoms with E-state index in [-0.39, 0.29) is 11.4 Å². The topological polar surface area (TPSA) is 76.8 Å². The Morgan fingerprint density at radius 1 is 0.800 bits per heavy atom. The number of nitrogen functional groups attached to an aromatic ring is 2. The van der Waals surface area contributed by atoms with Crippen LogP contribution in [0.1, 0.15) is 5.56 Å². The number of nitrogens with two attached hydrogens (primary N) is 2. The Bertz CT molecular complexity index is 633. The molecular formula is C13H11F3N4. The van der Waals surface area contributed by atoms with Crippen LogP contribution in [0.4, 0.5) is 35.9 Å². The van der Waals surface area contributed by atoms with E-state index in [1.165, 1.54) is 12.1 Å². The molecule has 4 nitrogen and oxygen atoms in total. The molecule has 0 aromatic heterocycles. The van der Waals surface area contributed by atoms with Crippen molar-refractivity contribution in [3.8, 4) is 0 Å². The van der Waals surface area contributed by atoms with Crippen LogP contribution in [0.2, 0.25) is 0 Å². The molecule has 20 heavy (non-hydrogen) atoms. The molecule has 0 radical (unpaired) electrons. The molecule has 0 bridgehead atoms. The summed E-state index contributed by atoms with van der Waals surface area (Å²) >= 11 is 0. The average molecular weight is 280 g/mol. The summed E-state index contributed by atoms with van der Waals surface area (Å²) in [4.78, 5) is 0. The van der Waals surface area contributed by atoms with E-state index in [0.717, 1.165) is 6.07 Å².